The quantitative estimate of drug-likeness (QED) is 0.274. The maximum atomic E-state index is 10.3. The molecule has 0 unspecified atom stereocenters. The van der Waals surface area contributed by atoms with Gasteiger partial charge in [0.15, 0.2) is 0 Å². The number of rotatable bonds is 0. The second-order valence-corrected chi connectivity index (χ2v) is 2.79. The first-order valence-electron chi connectivity index (χ1n) is 4.35. The van der Waals surface area contributed by atoms with Gasteiger partial charge in [0.1, 0.15) is 0 Å². The number of hydrogen-bond donors (Lipinski definition) is 6. The van der Waals surface area contributed by atoms with Crippen LogP contribution >= 0.6 is 0 Å². The molecule has 0 bridgehead atoms. The Balaban J connectivity index is 0.000000180. The molecular weight excluding hydrogens is 244 g/mol. The van der Waals surface area contributed by atoms with E-state index in [2.05, 4.69) is 24.9 Å². The van der Waals surface area contributed by atoms with Crippen molar-refractivity contribution in [2.75, 3.05) is 22.9 Å². The Hall–Kier alpha value is -3.18. The summed E-state index contributed by atoms with van der Waals surface area (Å²) in [4.78, 5) is 38.1. The highest BCUT2D eigenvalue weighted by Crippen LogP contribution is 1.97. The molecule has 0 aliphatic carbocycles. The largest absolute Gasteiger partial charge is 0.369 e. The van der Waals surface area contributed by atoms with E-state index in [4.69, 9.17) is 22.9 Å². The van der Waals surface area contributed by atoms with Gasteiger partial charge in [0.25, 0.3) is 0 Å². The van der Waals surface area contributed by atoms with E-state index in [0.29, 0.717) is 0 Å². The third-order valence-electron chi connectivity index (χ3n) is 1.37. The smallest absolute Gasteiger partial charge is 0.352 e. The van der Waals surface area contributed by atoms with Gasteiger partial charge >= 0.3 is 11.4 Å². The fourth-order valence-electron chi connectivity index (χ4n) is 0.837. The van der Waals surface area contributed by atoms with Crippen LogP contribution in [0.15, 0.2) is 9.59 Å². The van der Waals surface area contributed by atoms with Crippen molar-refractivity contribution in [2.45, 2.75) is 0 Å². The standard InChI is InChI=1S/C3H6N6.C3H4N4O2/c4-1-7-2(5)9-3(6)8-1;4-1-5-2(8)7-3(9)6-1/h(H6,4,5,6,7,8,9);(H4,4,5,6,7,8,9). The SMILES string of the molecule is Nc1nc(=O)[nH]c(=O)[nH]1.Nc1nc(N)nc(N)n1. The Morgan fingerprint density at radius 1 is 0.722 bits per heavy atom. The number of aromatic nitrogens is 6. The van der Waals surface area contributed by atoms with Crippen molar-refractivity contribution in [2.24, 2.45) is 0 Å². The Morgan fingerprint density at radius 3 is 1.50 bits per heavy atom. The Morgan fingerprint density at radius 2 is 1.17 bits per heavy atom. The fourth-order valence-corrected chi connectivity index (χ4v) is 0.837. The molecule has 2 aromatic heterocycles. The lowest BCUT2D eigenvalue weighted by atomic mass is 10.9. The van der Waals surface area contributed by atoms with Crippen molar-refractivity contribution < 1.29 is 0 Å². The van der Waals surface area contributed by atoms with E-state index in [-0.39, 0.29) is 23.8 Å². The van der Waals surface area contributed by atoms with Gasteiger partial charge in [-0.15, -0.1) is 0 Å². The number of aromatic amines is 2. The summed E-state index contributed by atoms with van der Waals surface area (Å²) >= 11 is 0. The van der Waals surface area contributed by atoms with E-state index in [1.807, 2.05) is 4.98 Å². The molecule has 0 spiro atoms. The summed E-state index contributed by atoms with van der Waals surface area (Å²) in [5.41, 5.74) is 19.0. The highest BCUT2D eigenvalue weighted by atomic mass is 16.2. The van der Waals surface area contributed by atoms with Crippen molar-refractivity contribution in [3.63, 3.8) is 0 Å². The number of anilines is 4. The van der Waals surface area contributed by atoms with Crippen LogP contribution in [0.25, 0.3) is 0 Å². The lowest BCUT2D eigenvalue weighted by Gasteiger charge is -1.93. The molecule has 0 fully saturated rings. The molecule has 10 N–H and O–H groups in total. The van der Waals surface area contributed by atoms with Gasteiger partial charge in [-0.25, -0.2) is 9.59 Å². The molecule has 0 radical (unpaired) electrons. The van der Waals surface area contributed by atoms with Crippen LogP contribution in [0.3, 0.4) is 0 Å². The van der Waals surface area contributed by atoms with Crippen LogP contribution in [-0.2, 0) is 0 Å². The van der Waals surface area contributed by atoms with E-state index in [1.165, 1.54) is 0 Å². The van der Waals surface area contributed by atoms with E-state index < -0.39 is 11.4 Å². The number of H-pyrrole nitrogens is 2. The van der Waals surface area contributed by atoms with Crippen LogP contribution < -0.4 is 34.3 Å². The van der Waals surface area contributed by atoms with Gasteiger partial charge in [0.05, 0.1) is 0 Å². The molecule has 0 saturated heterocycles. The second kappa shape index (κ2) is 5.24. The lowest BCUT2D eigenvalue weighted by molar-refractivity contribution is 0.947. The fraction of sp³-hybridized carbons (Fsp3) is 0. The molecule has 0 amide bonds. The summed E-state index contributed by atoms with van der Waals surface area (Å²) < 4.78 is 0. The van der Waals surface area contributed by atoms with E-state index in [9.17, 15) is 9.59 Å². The predicted octanol–water partition coefficient (Wildman–Crippen LogP) is -3.34. The van der Waals surface area contributed by atoms with E-state index in [1.54, 1.807) is 0 Å². The van der Waals surface area contributed by atoms with Crippen LogP contribution in [-0.4, -0.2) is 29.9 Å². The summed E-state index contributed by atoms with van der Waals surface area (Å²) in [7, 11) is 0. The summed E-state index contributed by atoms with van der Waals surface area (Å²) in [5.74, 6) is -0.0521. The Bertz CT molecular complexity index is 567. The van der Waals surface area contributed by atoms with Crippen LogP contribution in [0.2, 0.25) is 0 Å². The number of hydrogen-bond acceptors (Lipinski definition) is 10. The highest BCUT2D eigenvalue weighted by Gasteiger charge is 1.93. The van der Waals surface area contributed by atoms with Gasteiger partial charge in [0.2, 0.25) is 23.8 Å². The minimum Gasteiger partial charge on any atom is -0.369 e. The van der Waals surface area contributed by atoms with Crippen LogP contribution in [0, 0.1) is 0 Å². The zero-order valence-corrected chi connectivity index (χ0v) is 8.91. The average Bonchev–Trinajstić information content (AvgIpc) is 2.12. The van der Waals surface area contributed by atoms with Crippen molar-refractivity contribution in [1.82, 2.24) is 29.9 Å². The zero-order chi connectivity index (χ0) is 13.7. The number of nitrogen functional groups attached to an aromatic ring is 4. The molecule has 12 nitrogen and oxygen atoms in total. The van der Waals surface area contributed by atoms with Crippen molar-refractivity contribution >= 4 is 23.8 Å². The van der Waals surface area contributed by atoms with E-state index >= 15 is 0 Å². The van der Waals surface area contributed by atoms with Gasteiger partial charge in [0, 0.05) is 0 Å². The number of nitrogens with two attached hydrogens (primary N) is 4. The van der Waals surface area contributed by atoms with Gasteiger partial charge in [-0.05, 0) is 0 Å². The normalized spacial score (nSPS) is 9.33. The van der Waals surface area contributed by atoms with Crippen molar-refractivity contribution in [3.8, 4) is 0 Å². The summed E-state index contributed by atoms with van der Waals surface area (Å²) in [6, 6.07) is 0. The number of nitrogens with one attached hydrogen (secondary N) is 2. The lowest BCUT2D eigenvalue weighted by Crippen LogP contribution is -2.25. The molecule has 0 aromatic carbocycles. The first-order chi connectivity index (χ1) is 8.36. The average molecular weight is 254 g/mol. The van der Waals surface area contributed by atoms with Crippen molar-refractivity contribution in [1.29, 1.82) is 0 Å². The van der Waals surface area contributed by atoms with Gasteiger partial charge < -0.3 is 22.9 Å². The minimum atomic E-state index is -0.740. The first-order valence-corrected chi connectivity index (χ1v) is 4.35. The highest BCUT2D eigenvalue weighted by molar-refractivity contribution is 5.33. The van der Waals surface area contributed by atoms with Gasteiger partial charge in [-0.3, -0.25) is 9.97 Å². The second-order valence-electron chi connectivity index (χ2n) is 2.79. The molecule has 0 aliphatic heterocycles. The first kappa shape index (κ1) is 12.9. The third kappa shape index (κ3) is 4.13. The molecule has 2 rings (SSSR count). The Labute approximate surface area is 98.5 Å². The van der Waals surface area contributed by atoms with Crippen molar-refractivity contribution in [3.05, 3.63) is 21.0 Å². The maximum absolute atomic E-state index is 10.3. The van der Waals surface area contributed by atoms with Crippen LogP contribution in [0.1, 0.15) is 0 Å². The summed E-state index contributed by atoms with van der Waals surface area (Å²) in [5, 5.41) is 0. The predicted molar refractivity (Wildman–Crippen MR) is 63.0 cm³/mol. The molecule has 0 saturated carbocycles. The monoisotopic (exact) mass is 254 g/mol. The maximum Gasteiger partial charge on any atom is 0.352 e. The molecule has 18 heavy (non-hydrogen) atoms. The van der Waals surface area contributed by atoms with Gasteiger partial charge in [-0.1, -0.05) is 0 Å². The minimum absolute atomic E-state index is 0.0417. The summed E-state index contributed by atoms with van der Waals surface area (Å²) in [6.07, 6.45) is 0. The molecule has 96 valence electrons. The molecule has 12 heteroatoms. The molecule has 2 heterocycles. The number of nitrogens with zero attached hydrogens (tertiary/aromatic N) is 4. The molecule has 2 aromatic rings. The van der Waals surface area contributed by atoms with Crippen LogP contribution in [0.4, 0.5) is 23.8 Å². The molecule has 0 aliphatic rings. The van der Waals surface area contributed by atoms with E-state index in [0.717, 1.165) is 0 Å². The van der Waals surface area contributed by atoms with Gasteiger partial charge in [-0.2, -0.15) is 19.9 Å². The topological polar surface area (TPSA) is 221 Å². The Kier molecular flexibility index (Phi) is 3.75. The van der Waals surface area contributed by atoms with Crippen LogP contribution in [0.5, 0.6) is 0 Å². The molecular formula is C6H10N10O2. The summed E-state index contributed by atoms with van der Waals surface area (Å²) in [6.45, 7) is 0. The zero-order valence-electron chi connectivity index (χ0n) is 8.91. The molecule has 0 atom stereocenters. The third-order valence-corrected chi connectivity index (χ3v) is 1.37.